The number of likely N-dealkylation sites (tertiary alicyclic amines) is 1. The fraction of sp³-hybridized carbons (Fsp3) is 0.450. The van der Waals surface area contributed by atoms with Crippen LogP contribution in [-0.4, -0.2) is 34.4 Å². The SMILES string of the molecule is Cc1ncc(CNC(=O)CCc2cccc(F)c2)c([C@H]2CCCN2C)n1. The van der Waals surface area contributed by atoms with E-state index in [9.17, 15) is 9.18 Å². The van der Waals surface area contributed by atoms with Crippen LogP contribution in [0.3, 0.4) is 0 Å². The summed E-state index contributed by atoms with van der Waals surface area (Å²) in [7, 11) is 2.11. The minimum absolute atomic E-state index is 0.0550. The molecule has 1 aromatic heterocycles. The summed E-state index contributed by atoms with van der Waals surface area (Å²) in [5, 5.41) is 2.95. The molecule has 1 aliphatic rings. The molecule has 6 heteroatoms. The van der Waals surface area contributed by atoms with Gasteiger partial charge in [0.2, 0.25) is 5.91 Å². The first-order chi connectivity index (χ1) is 12.5. The number of carbonyl (C=O) groups is 1. The summed E-state index contributed by atoms with van der Waals surface area (Å²) < 4.78 is 13.2. The maximum atomic E-state index is 13.2. The number of hydrogen-bond donors (Lipinski definition) is 1. The fourth-order valence-corrected chi connectivity index (χ4v) is 3.43. The molecule has 0 spiro atoms. The Kier molecular flexibility index (Phi) is 5.93. The van der Waals surface area contributed by atoms with E-state index in [1.165, 1.54) is 12.1 Å². The molecule has 1 amide bonds. The molecule has 1 N–H and O–H groups in total. The molecule has 138 valence electrons. The van der Waals surface area contributed by atoms with E-state index in [2.05, 4.69) is 27.2 Å². The van der Waals surface area contributed by atoms with Crippen molar-refractivity contribution in [1.29, 1.82) is 0 Å². The number of hydrogen-bond acceptors (Lipinski definition) is 4. The van der Waals surface area contributed by atoms with Crippen LogP contribution in [-0.2, 0) is 17.8 Å². The van der Waals surface area contributed by atoms with Crippen molar-refractivity contribution in [2.75, 3.05) is 13.6 Å². The lowest BCUT2D eigenvalue weighted by molar-refractivity contribution is -0.121. The van der Waals surface area contributed by atoms with Gasteiger partial charge in [0.05, 0.1) is 11.7 Å². The number of nitrogens with one attached hydrogen (secondary N) is 1. The quantitative estimate of drug-likeness (QED) is 0.865. The molecule has 0 bridgehead atoms. The van der Waals surface area contributed by atoms with Crippen LogP contribution >= 0.6 is 0 Å². The van der Waals surface area contributed by atoms with Crippen molar-refractivity contribution in [2.24, 2.45) is 0 Å². The highest BCUT2D eigenvalue weighted by Crippen LogP contribution is 2.31. The second kappa shape index (κ2) is 8.36. The molecule has 2 heterocycles. The molecule has 1 atom stereocenters. The molecule has 26 heavy (non-hydrogen) atoms. The van der Waals surface area contributed by atoms with E-state index in [4.69, 9.17) is 0 Å². The van der Waals surface area contributed by atoms with Gasteiger partial charge in [0, 0.05) is 24.7 Å². The number of carbonyl (C=O) groups excluding carboxylic acids is 1. The lowest BCUT2D eigenvalue weighted by atomic mass is 10.1. The third-order valence-electron chi connectivity index (χ3n) is 4.86. The molecular weight excluding hydrogens is 331 g/mol. The van der Waals surface area contributed by atoms with Gasteiger partial charge in [-0.05, 0) is 57.5 Å². The zero-order valence-electron chi connectivity index (χ0n) is 15.3. The highest BCUT2D eigenvalue weighted by atomic mass is 19.1. The van der Waals surface area contributed by atoms with Crippen molar-refractivity contribution < 1.29 is 9.18 Å². The van der Waals surface area contributed by atoms with Crippen molar-refractivity contribution in [1.82, 2.24) is 20.2 Å². The van der Waals surface area contributed by atoms with Crippen LogP contribution in [0.5, 0.6) is 0 Å². The van der Waals surface area contributed by atoms with Gasteiger partial charge in [-0.2, -0.15) is 0 Å². The van der Waals surface area contributed by atoms with E-state index in [0.717, 1.165) is 42.0 Å². The third-order valence-corrected chi connectivity index (χ3v) is 4.86. The zero-order chi connectivity index (χ0) is 18.5. The first-order valence-electron chi connectivity index (χ1n) is 9.06. The lowest BCUT2D eigenvalue weighted by Crippen LogP contribution is -2.26. The average Bonchev–Trinajstić information content (AvgIpc) is 3.04. The van der Waals surface area contributed by atoms with Crippen LogP contribution in [0.1, 0.15) is 47.9 Å². The Morgan fingerprint density at radius 3 is 3.00 bits per heavy atom. The van der Waals surface area contributed by atoms with Gasteiger partial charge in [-0.25, -0.2) is 14.4 Å². The lowest BCUT2D eigenvalue weighted by Gasteiger charge is -2.21. The van der Waals surface area contributed by atoms with Crippen molar-refractivity contribution in [3.63, 3.8) is 0 Å². The number of aromatic nitrogens is 2. The molecule has 3 rings (SSSR count). The van der Waals surface area contributed by atoms with Crippen molar-refractivity contribution >= 4 is 5.91 Å². The Morgan fingerprint density at radius 1 is 1.42 bits per heavy atom. The Bertz CT molecular complexity index is 780. The first-order valence-corrected chi connectivity index (χ1v) is 9.06. The van der Waals surface area contributed by atoms with Gasteiger partial charge >= 0.3 is 0 Å². The molecule has 0 saturated carbocycles. The van der Waals surface area contributed by atoms with E-state index < -0.39 is 0 Å². The predicted molar refractivity (Wildman–Crippen MR) is 97.9 cm³/mol. The molecule has 1 saturated heterocycles. The van der Waals surface area contributed by atoms with Gasteiger partial charge in [0.15, 0.2) is 0 Å². The summed E-state index contributed by atoms with van der Waals surface area (Å²) in [6.07, 6.45) is 4.90. The number of rotatable bonds is 6. The van der Waals surface area contributed by atoms with E-state index in [0.29, 0.717) is 19.4 Å². The van der Waals surface area contributed by atoms with Gasteiger partial charge in [-0.1, -0.05) is 12.1 Å². The summed E-state index contributed by atoms with van der Waals surface area (Å²) >= 11 is 0. The van der Waals surface area contributed by atoms with Gasteiger partial charge in [0.25, 0.3) is 0 Å². The summed E-state index contributed by atoms with van der Waals surface area (Å²) in [5.41, 5.74) is 2.81. The molecule has 0 unspecified atom stereocenters. The second-order valence-electron chi connectivity index (χ2n) is 6.87. The van der Waals surface area contributed by atoms with Crippen molar-refractivity contribution in [3.05, 3.63) is 58.9 Å². The summed E-state index contributed by atoms with van der Waals surface area (Å²) in [6.45, 7) is 3.37. The summed E-state index contributed by atoms with van der Waals surface area (Å²) in [4.78, 5) is 23.4. The van der Waals surface area contributed by atoms with E-state index in [1.807, 2.05) is 19.2 Å². The Morgan fingerprint density at radius 2 is 2.27 bits per heavy atom. The number of benzene rings is 1. The molecule has 1 aliphatic heterocycles. The highest BCUT2D eigenvalue weighted by Gasteiger charge is 2.26. The maximum absolute atomic E-state index is 13.2. The minimum atomic E-state index is -0.273. The van der Waals surface area contributed by atoms with Crippen LogP contribution < -0.4 is 5.32 Å². The van der Waals surface area contributed by atoms with Gasteiger partial charge < -0.3 is 5.32 Å². The number of nitrogens with zero attached hydrogens (tertiary/aromatic N) is 3. The van der Waals surface area contributed by atoms with E-state index in [-0.39, 0.29) is 17.8 Å². The number of aryl methyl sites for hydroxylation is 2. The average molecular weight is 356 g/mol. The number of halogens is 1. The molecule has 5 nitrogen and oxygen atoms in total. The Labute approximate surface area is 153 Å². The molecule has 2 aromatic rings. The van der Waals surface area contributed by atoms with Gasteiger partial charge in [0.1, 0.15) is 11.6 Å². The van der Waals surface area contributed by atoms with Crippen molar-refractivity contribution in [3.8, 4) is 0 Å². The van der Waals surface area contributed by atoms with Crippen LogP contribution in [0, 0.1) is 12.7 Å². The Balaban J connectivity index is 1.59. The predicted octanol–water partition coefficient (Wildman–Crippen LogP) is 2.94. The van der Waals surface area contributed by atoms with E-state index >= 15 is 0 Å². The normalized spacial score (nSPS) is 17.4. The number of amides is 1. The molecular formula is C20H25FN4O. The standard InChI is InChI=1S/C20H25FN4O/c1-14-22-12-16(20(24-14)18-7-4-10-25(18)2)13-23-19(26)9-8-15-5-3-6-17(21)11-15/h3,5-6,11-12,18H,4,7-10,13H2,1-2H3,(H,23,26)/t18-/m1/s1. The topological polar surface area (TPSA) is 58.1 Å². The maximum Gasteiger partial charge on any atom is 0.220 e. The first kappa shape index (κ1) is 18.5. The summed E-state index contributed by atoms with van der Waals surface area (Å²) in [5.74, 6) is 0.423. The van der Waals surface area contributed by atoms with Crippen LogP contribution in [0.15, 0.2) is 30.5 Å². The summed E-state index contributed by atoms with van der Waals surface area (Å²) in [6, 6.07) is 6.66. The fourth-order valence-electron chi connectivity index (χ4n) is 3.43. The van der Waals surface area contributed by atoms with Crippen LogP contribution in [0.4, 0.5) is 4.39 Å². The van der Waals surface area contributed by atoms with E-state index in [1.54, 1.807) is 6.07 Å². The monoisotopic (exact) mass is 356 g/mol. The van der Waals surface area contributed by atoms with Gasteiger partial charge in [-0.3, -0.25) is 9.69 Å². The largest absolute Gasteiger partial charge is 0.352 e. The minimum Gasteiger partial charge on any atom is -0.352 e. The van der Waals surface area contributed by atoms with Crippen molar-refractivity contribution in [2.45, 2.75) is 45.2 Å². The second-order valence-corrected chi connectivity index (χ2v) is 6.87. The zero-order valence-corrected chi connectivity index (χ0v) is 15.3. The molecule has 0 aliphatic carbocycles. The molecule has 1 fully saturated rings. The van der Waals surface area contributed by atoms with Crippen LogP contribution in [0.25, 0.3) is 0 Å². The third kappa shape index (κ3) is 4.64. The highest BCUT2D eigenvalue weighted by molar-refractivity contribution is 5.76. The molecule has 0 radical (unpaired) electrons. The Hall–Kier alpha value is -2.34. The van der Waals surface area contributed by atoms with Gasteiger partial charge in [-0.15, -0.1) is 0 Å². The van der Waals surface area contributed by atoms with Crippen LogP contribution in [0.2, 0.25) is 0 Å². The molecule has 1 aromatic carbocycles. The smallest absolute Gasteiger partial charge is 0.220 e.